The molecule has 0 aliphatic rings. The second-order valence-electron chi connectivity index (χ2n) is 6.28. The van der Waals surface area contributed by atoms with E-state index in [1.54, 1.807) is 19.4 Å². The van der Waals surface area contributed by atoms with Crippen LogP contribution in [0.3, 0.4) is 0 Å². The minimum atomic E-state index is -0.170. The van der Waals surface area contributed by atoms with E-state index in [4.69, 9.17) is 4.74 Å². The van der Waals surface area contributed by atoms with Crippen LogP contribution in [0.15, 0.2) is 66.9 Å². The number of nitrogens with one attached hydrogen (secondary N) is 2. The van der Waals surface area contributed by atoms with E-state index in [1.165, 1.54) is 5.56 Å². The van der Waals surface area contributed by atoms with Crippen LogP contribution in [-0.4, -0.2) is 24.5 Å². The van der Waals surface area contributed by atoms with Gasteiger partial charge < -0.3 is 15.4 Å². The number of rotatable bonds is 7. The SMILES string of the molecule is COc1cccc(CCNc2ccc(C(=O)Nc3cccc(C)c3)cn2)c1. The molecule has 1 amide bonds. The van der Waals surface area contributed by atoms with Crippen molar-refractivity contribution >= 4 is 17.4 Å². The molecule has 0 saturated heterocycles. The molecule has 0 radical (unpaired) electrons. The lowest BCUT2D eigenvalue weighted by Gasteiger charge is -2.08. The summed E-state index contributed by atoms with van der Waals surface area (Å²) in [7, 11) is 1.66. The van der Waals surface area contributed by atoms with Crippen molar-refractivity contribution in [2.45, 2.75) is 13.3 Å². The van der Waals surface area contributed by atoms with E-state index in [9.17, 15) is 4.79 Å². The third-order valence-electron chi connectivity index (χ3n) is 4.16. The summed E-state index contributed by atoms with van der Waals surface area (Å²) < 4.78 is 5.23. The van der Waals surface area contributed by atoms with Gasteiger partial charge in [0.15, 0.2) is 0 Å². The van der Waals surface area contributed by atoms with Crippen molar-refractivity contribution in [3.05, 3.63) is 83.6 Å². The Morgan fingerprint density at radius 2 is 1.93 bits per heavy atom. The second kappa shape index (κ2) is 8.85. The molecule has 1 heterocycles. The highest BCUT2D eigenvalue weighted by Gasteiger charge is 2.07. The molecule has 27 heavy (non-hydrogen) atoms. The van der Waals surface area contributed by atoms with Gasteiger partial charge in [0, 0.05) is 18.4 Å². The van der Waals surface area contributed by atoms with Crippen LogP contribution < -0.4 is 15.4 Å². The number of carbonyl (C=O) groups excluding carboxylic acids is 1. The van der Waals surface area contributed by atoms with Gasteiger partial charge >= 0.3 is 0 Å². The Kier molecular flexibility index (Phi) is 6.05. The molecule has 3 aromatic rings. The van der Waals surface area contributed by atoms with Crippen molar-refractivity contribution in [1.29, 1.82) is 0 Å². The molecule has 0 unspecified atom stereocenters. The summed E-state index contributed by atoms with van der Waals surface area (Å²) in [4.78, 5) is 16.6. The van der Waals surface area contributed by atoms with Gasteiger partial charge in [0.05, 0.1) is 12.7 Å². The first-order valence-electron chi connectivity index (χ1n) is 8.85. The van der Waals surface area contributed by atoms with Gasteiger partial charge in [0.1, 0.15) is 11.6 Å². The molecule has 0 aliphatic carbocycles. The zero-order valence-electron chi connectivity index (χ0n) is 15.5. The molecule has 2 aromatic carbocycles. The Morgan fingerprint density at radius 1 is 1.07 bits per heavy atom. The predicted molar refractivity (Wildman–Crippen MR) is 109 cm³/mol. The normalized spacial score (nSPS) is 10.3. The number of benzene rings is 2. The Labute approximate surface area is 159 Å². The van der Waals surface area contributed by atoms with Crippen molar-refractivity contribution < 1.29 is 9.53 Å². The summed E-state index contributed by atoms with van der Waals surface area (Å²) in [6.07, 6.45) is 2.44. The third-order valence-corrected chi connectivity index (χ3v) is 4.16. The quantitative estimate of drug-likeness (QED) is 0.658. The number of pyridine rings is 1. The maximum atomic E-state index is 12.3. The molecule has 1 aromatic heterocycles. The van der Waals surface area contributed by atoms with Crippen LogP contribution in [0.4, 0.5) is 11.5 Å². The zero-order chi connectivity index (χ0) is 19.1. The number of nitrogens with zero attached hydrogens (tertiary/aromatic N) is 1. The maximum absolute atomic E-state index is 12.3. The molecule has 0 atom stereocenters. The zero-order valence-corrected chi connectivity index (χ0v) is 15.5. The fourth-order valence-electron chi connectivity index (χ4n) is 2.72. The molecular formula is C22H23N3O2. The van der Waals surface area contributed by atoms with Gasteiger partial charge in [-0.05, 0) is 60.9 Å². The molecule has 0 saturated carbocycles. The Hall–Kier alpha value is -3.34. The number of hydrogen-bond donors (Lipinski definition) is 2. The van der Waals surface area contributed by atoms with Crippen LogP contribution in [0.5, 0.6) is 5.75 Å². The Balaban J connectivity index is 1.53. The van der Waals surface area contributed by atoms with E-state index in [1.807, 2.05) is 55.5 Å². The fraction of sp³-hybridized carbons (Fsp3) is 0.182. The molecule has 0 spiro atoms. The van der Waals surface area contributed by atoms with Crippen LogP contribution in [-0.2, 0) is 6.42 Å². The standard InChI is InChI=1S/C22H23N3O2/c1-16-5-3-7-19(13-16)25-22(26)18-9-10-21(24-15-18)23-12-11-17-6-4-8-20(14-17)27-2/h3-10,13-15H,11-12H2,1-2H3,(H,23,24)(H,25,26). The van der Waals surface area contributed by atoms with E-state index in [0.717, 1.165) is 35.8 Å². The topological polar surface area (TPSA) is 63.2 Å². The van der Waals surface area contributed by atoms with E-state index in [0.29, 0.717) is 5.56 Å². The molecule has 0 fully saturated rings. The number of anilines is 2. The van der Waals surface area contributed by atoms with E-state index >= 15 is 0 Å². The minimum absolute atomic E-state index is 0.170. The number of aromatic nitrogens is 1. The minimum Gasteiger partial charge on any atom is -0.497 e. The monoisotopic (exact) mass is 361 g/mol. The van der Waals surface area contributed by atoms with Crippen LogP contribution in [0.1, 0.15) is 21.5 Å². The molecule has 5 nitrogen and oxygen atoms in total. The summed E-state index contributed by atoms with van der Waals surface area (Å²) in [5.41, 5.74) is 3.59. The average molecular weight is 361 g/mol. The summed E-state index contributed by atoms with van der Waals surface area (Å²) in [6.45, 7) is 2.73. The largest absolute Gasteiger partial charge is 0.497 e. The molecule has 0 aliphatic heterocycles. The lowest BCUT2D eigenvalue weighted by Crippen LogP contribution is -2.13. The smallest absolute Gasteiger partial charge is 0.257 e. The molecule has 138 valence electrons. The number of hydrogen-bond acceptors (Lipinski definition) is 4. The second-order valence-corrected chi connectivity index (χ2v) is 6.28. The van der Waals surface area contributed by atoms with Gasteiger partial charge in [-0.3, -0.25) is 4.79 Å². The molecule has 2 N–H and O–H groups in total. The van der Waals surface area contributed by atoms with Crippen molar-refractivity contribution in [2.75, 3.05) is 24.3 Å². The molecule has 0 bridgehead atoms. The number of amides is 1. The molecule has 5 heteroatoms. The fourth-order valence-corrected chi connectivity index (χ4v) is 2.72. The number of aryl methyl sites for hydroxylation is 1. The van der Waals surface area contributed by atoms with Gasteiger partial charge in [-0.25, -0.2) is 4.98 Å². The summed E-state index contributed by atoms with van der Waals surface area (Å²) in [5, 5.41) is 6.15. The van der Waals surface area contributed by atoms with Gasteiger partial charge in [0.2, 0.25) is 0 Å². The highest BCUT2D eigenvalue weighted by Crippen LogP contribution is 2.14. The van der Waals surface area contributed by atoms with Crippen molar-refractivity contribution in [3.8, 4) is 5.75 Å². The Morgan fingerprint density at radius 3 is 2.67 bits per heavy atom. The van der Waals surface area contributed by atoms with E-state index in [-0.39, 0.29) is 5.91 Å². The highest BCUT2D eigenvalue weighted by atomic mass is 16.5. The predicted octanol–water partition coefficient (Wildman–Crippen LogP) is 4.31. The first kappa shape index (κ1) is 18.5. The van der Waals surface area contributed by atoms with E-state index in [2.05, 4.69) is 21.7 Å². The molecule has 3 rings (SSSR count). The molecular weight excluding hydrogens is 338 g/mol. The lowest BCUT2D eigenvalue weighted by molar-refractivity contribution is 0.102. The van der Waals surface area contributed by atoms with Crippen molar-refractivity contribution in [2.24, 2.45) is 0 Å². The van der Waals surface area contributed by atoms with Crippen LogP contribution >= 0.6 is 0 Å². The summed E-state index contributed by atoms with van der Waals surface area (Å²) in [5.74, 6) is 1.43. The Bertz CT molecular complexity index is 907. The summed E-state index contributed by atoms with van der Waals surface area (Å²) in [6, 6.07) is 19.3. The number of carbonyl (C=O) groups is 1. The first-order valence-corrected chi connectivity index (χ1v) is 8.85. The summed E-state index contributed by atoms with van der Waals surface area (Å²) >= 11 is 0. The average Bonchev–Trinajstić information content (AvgIpc) is 2.69. The van der Waals surface area contributed by atoms with Crippen LogP contribution in [0.2, 0.25) is 0 Å². The van der Waals surface area contributed by atoms with Crippen molar-refractivity contribution in [1.82, 2.24) is 4.98 Å². The maximum Gasteiger partial charge on any atom is 0.257 e. The van der Waals surface area contributed by atoms with Gasteiger partial charge in [0.25, 0.3) is 5.91 Å². The first-order chi connectivity index (χ1) is 13.1. The van der Waals surface area contributed by atoms with Crippen LogP contribution in [0, 0.1) is 6.92 Å². The van der Waals surface area contributed by atoms with Gasteiger partial charge in [-0.2, -0.15) is 0 Å². The number of methoxy groups -OCH3 is 1. The van der Waals surface area contributed by atoms with Crippen LogP contribution in [0.25, 0.3) is 0 Å². The van der Waals surface area contributed by atoms with E-state index < -0.39 is 0 Å². The van der Waals surface area contributed by atoms with Gasteiger partial charge in [-0.15, -0.1) is 0 Å². The third kappa shape index (κ3) is 5.31. The van der Waals surface area contributed by atoms with Crippen molar-refractivity contribution in [3.63, 3.8) is 0 Å². The highest BCUT2D eigenvalue weighted by molar-refractivity contribution is 6.04. The number of ether oxygens (including phenoxy) is 1. The van der Waals surface area contributed by atoms with Gasteiger partial charge in [-0.1, -0.05) is 24.3 Å². The lowest BCUT2D eigenvalue weighted by atomic mass is 10.1.